The summed E-state index contributed by atoms with van der Waals surface area (Å²) < 4.78 is 5.19. The van der Waals surface area contributed by atoms with E-state index in [9.17, 15) is 4.79 Å². The molecule has 0 radical (unpaired) electrons. The van der Waals surface area contributed by atoms with Gasteiger partial charge in [-0.2, -0.15) is 0 Å². The van der Waals surface area contributed by atoms with Crippen LogP contribution in [-0.4, -0.2) is 19.9 Å². The molecule has 1 heterocycles. The first-order valence-corrected chi connectivity index (χ1v) is 5.20. The summed E-state index contributed by atoms with van der Waals surface area (Å²) >= 11 is 0. The van der Waals surface area contributed by atoms with Crippen LogP contribution in [0.3, 0.4) is 0 Å². The Hall–Kier alpha value is -1.51. The van der Waals surface area contributed by atoms with Crippen LogP contribution >= 0.6 is 0 Å². The summed E-state index contributed by atoms with van der Waals surface area (Å²) in [4.78, 5) is 10.4. The molecule has 3 heteroatoms. The van der Waals surface area contributed by atoms with Crippen molar-refractivity contribution in [3.05, 3.63) is 23.8 Å². The highest BCUT2D eigenvalue weighted by atomic mass is 16.5. The molecule has 1 aliphatic heterocycles. The molecule has 1 aromatic carbocycles. The van der Waals surface area contributed by atoms with Crippen molar-refractivity contribution < 1.29 is 9.53 Å². The smallest absolute Gasteiger partial charge is 0.120 e. The monoisotopic (exact) mass is 205 g/mol. The maximum atomic E-state index is 10.4. The number of carbonyl (C=O) groups excluding carboxylic acids is 1. The highest BCUT2D eigenvalue weighted by Gasteiger charge is 2.21. The van der Waals surface area contributed by atoms with Crippen LogP contribution in [0, 0.1) is 0 Å². The summed E-state index contributed by atoms with van der Waals surface area (Å²) in [5.74, 6) is 1.33. The van der Waals surface area contributed by atoms with Gasteiger partial charge in [0.05, 0.1) is 7.11 Å². The average molecular weight is 205 g/mol. The molecule has 0 aromatic heterocycles. The van der Waals surface area contributed by atoms with Crippen molar-refractivity contribution in [2.24, 2.45) is 0 Å². The molecule has 1 aromatic rings. The summed E-state index contributed by atoms with van der Waals surface area (Å²) in [6.45, 7) is 0.927. The average Bonchev–Trinajstić information content (AvgIpc) is 2.68. The number of nitrogens with one attached hydrogen (secondary N) is 1. The van der Waals surface area contributed by atoms with Gasteiger partial charge in [-0.3, -0.25) is 0 Å². The van der Waals surface area contributed by atoms with Crippen molar-refractivity contribution in [1.82, 2.24) is 0 Å². The highest BCUT2D eigenvalue weighted by Crippen LogP contribution is 2.36. The molecule has 1 unspecified atom stereocenters. The van der Waals surface area contributed by atoms with E-state index in [1.807, 2.05) is 12.1 Å². The molecular formula is C12H15NO2. The molecule has 0 bridgehead atoms. The number of ether oxygens (including phenoxy) is 1. The third kappa shape index (κ3) is 1.96. The van der Waals surface area contributed by atoms with Crippen LogP contribution in [0.2, 0.25) is 0 Å². The van der Waals surface area contributed by atoms with E-state index in [2.05, 4.69) is 11.4 Å². The normalized spacial score (nSPS) is 18.1. The fourth-order valence-corrected chi connectivity index (χ4v) is 2.04. The van der Waals surface area contributed by atoms with Gasteiger partial charge in [-0.1, -0.05) is 0 Å². The summed E-state index contributed by atoms with van der Waals surface area (Å²) in [6, 6.07) is 6.05. The van der Waals surface area contributed by atoms with Gasteiger partial charge in [0.1, 0.15) is 12.0 Å². The maximum Gasteiger partial charge on any atom is 0.120 e. The van der Waals surface area contributed by atoms with Crippen molar-refractivity contribution in [1.29, 1.82) is 0 Å². The Bertz CT molecular complexity index is 363. The molecule has 0 amide bonds. The van der Waals surface area contributed by atoms with Gasteiger partial charge in [-0.25, -0.2) is 0 Å². The van der Waals surface area contributed by atoms with Crippen molar-refractivity contribution in [3.8, 4) is 5.75 Å². The van der Waals surface area contributed by atoms with Crippen molar-refractivity contribution in [2.75, 3.05) is 19.0 Å². The van der Waals surface area contributed by atoms with Gasteiger partial charge in [-0.05, 0) is 30.2 Å². The molecule has 15 heavy (non-hydrogen) atoms. The van der Waals surface area contributed by atoms with Gasteiger partial charge in [0.25, 0.3) is 0 Å². The molecule has 0 saturated carbocycles. The zero-order valence-electron chi connectivity index (χ0n) is 8.82. The Morgan fingerprint density at radius 3 is 3.20 bits per heavy atom. The first kappa shape index (κ1) is 10.0. The van der Waals surface area contributed by atoms with Crippen LogP contribution in [0.1, 0.15) is 24.3 Å². The number of hydrogen-bond donors (Lipinski definition) is 1. The number of fused-ring (bicyclic) bond motifs is 1. The van der Waals surface area contributed by atoms with Crippen molar-refractivity contribution in [2.45, 2.75) is 18.8 Å². The van der Waals surface area contributed by atoms with E-state index in [0.29, 0.717) is 12.3 Å². The zero-order chi connectivity index (χ0) is 10.7. The number of anilines is 1. The van der Waals surface area contributed by atoms with Crippen LogP contribution in [0.25, 0.3) is 0 Å². The summed E-state index contributed by atoms with van der Waals surface area (Å²) in [7, 11) is 1.67. The molecule has 80 valence electrons. The molecule has 2 rings (SSSR count). The van der Waals surface area contributed by atoms with Crippen LogP contribution < -0.4 is 10.1 Å². The largest absolute Gasteiger partial charge is 0.497 e. The summed E-state index contributed by atoms with van der Waals surface area (Å²) in [5, 5.41) is 3.34. The standard InChI is InChI=1S/C12H15NO2/c1-15-10-4-5-12-11(7-10)9(8-13-12)3-2-6-14/h4-7,9,13H,2-3,8H2,1H3. The molecular weight excluding hydrogens is 190 g/mol. The van der Waals surface area contributed by atoms with Gasteiger partial charge in [0, 0.05) is 24.6 Å². The second kappa shape index (κ2) is 4.34. The summed E-state index contributed by atoms with van der Waals surface area (Å²) in [5.41, 5.74) is 2.45. The molecule has 1 aliphatic rings. The number of aldehydes is 1. The van der Waals surface area contributed by atoms with Crippen LogP contribution in [0.5, 0.6) is 5.75 Å². The van der Waals surface area contributed by atoms with E-state index in [1.165, 1.54) is 11.3 Å². The number of rotatable bonds is 4. The lowest BCUT2D eigenvalue weighted by molar-refractivity contribution is -0.108. The van der Waals surface area contributed by atoms with Crippen LogP contribution in [0.4, 0.5) is 5.69 Å². The van der Waals surface area contributed by atoms with E-state index in [4.69, 9.17) is 4.74 Å². The van der Waals surface area contributed by atoms with E-state index in [1.54, 1.807) is 7.11 Å². The minimum absolute atomic E-state index is 0.445. The predicted molar refractivity (Wildman–Crippen MR) is 59.5 cm³/mol. The Morgan fingerprint density at radius 2 is 2.47 bits per heavy atom. The maximum absolute atomic E-state index is 10.4. The second-order valence-corrected chi connectivity index (χ2v) is 3.78. The Balaban J connectivity index is 2.19. The Morgan fingerprint density at radius 1 is 1.60 bits per heavy atom. The third-order valence-corrected chi connectivity index (χ3v) is 2.87. The molecule has 1 atom stereocenters. The Labute approximate surface area is 89.4 Å². The Kier molecular flexibility index (Phi) is 2.90. The van der Waals surface area contributed by atoms with Gasteiger partial charge in [-0.15, -0.1) is 0 Å². The number of methoxy groups -OCH3 is 1. The van der Waals surface area contributed by atoms with E-state index >= 15 is 0 Å². The predicted octanol–water partition coefficient (Wildman–Crippen LogP) is 2.18. The third-order valence-electron chi connectivity index (χ3n) is 2.87. The minimum atomic E-state index is 0.445. The van der Waals surface area contributed by atoms with Crippen LogP contribution in [-0.2, 0) is 4.79 Å². The number of hydrogen-bond acceptors (Lipinski definition) is 3. The first-order chi connectivity index (χ1) is 7.35. The van der Waals surface area contributed by atoms with E-state index in [0.717, 1.165) is 25.0 Å². The van der Waals surface area contributed by atoms with E-state index in [-0.39, 0.29) is 0 Å². The topological polar surface area (TPSA) is 38.3 Å². The fourth-order valence-electron chi connectivity index (χ4n) is 2.04. The zero-order valence-corrected chi connectivity index (χ0v) is 8.82. The minimum Gasteiger partial charge on any atom is -0.497 e. The SMILES string of the molecule is COc1ccc2c(c1)C(CCC=O)CN2. The van der Waals surface area contributed by atoms with Gasteiger partial charge >= 0.3 is 0 Å². The lowest BCUT2D eigenvalue weighted by Gasteiger charge is -2.08. The molecule has 3 nitrogen and oxygen atoms in total. The fraction of sp³-hybridized carbons (Fsp3) is 0.417. The quantitative estimate of drug-likeness (QED) is 0.766. The first-order valence-electron chi connectivity index (χ1n) is 5.20. The molecule has 0 spiro atoms. The van der Waals surface area contributed by atoms with E-state index < -0.39 is 0 Å². The second-order valence-electron chi connectivity index (χ2n) is 3.78. The highest BCUT2D eigenvalue weighted by molar-refractivity contribution is 5.60. The van der Waals surface area contributed by atoms with Gasteiger partial charge in [0.2, 0.25) is 0 Å². The van der Waals surface area contributed by atoms with Gasteiger partial charge < -0.3 is 14.8 Å². The van der Waals surface area contributed by atoms with Crippen LogP contribution in [0.15, 0.2) is 18.2 Å². The van der Waals surface area contributed by atoms with Crippen molar-refractivity contribution in [3.63, 3.8) is 0 Å². The molecule has 1 N–H and O–H groups in total. The lowest BCUT2D eigenvalue weighted by Crippen LogP contribution is -2.01. The molecule has 0 fully saturated rings. The number of carbonyl (C=O) groups is 1. The van der Waals surface area contributed by atoms with Crippen molar-refractivity contribution >= 4 is 12.0 Å². The lowest BCUT2D eigenvalue weighted by atomic mass is 9.96. The molecule has 0 aliphatic carbocycles. The van der Waals surface area contributed by atoms with Gasteiger partial charge in [0.15, 0.2) is 0 Å². The molecule has 0 saturated heterocycles. The number of benzene rings is 1. The summed E-state index contributed by atoms with van der Waals surface area (Å²) in [6.07, 6.45) is 2.53.